The summed E-state index contributed by atoms with van der Waals surface area (Å²) in [7, 11) is -4.08. The van der Waals surface area contributed by atoms with E-state index in [-0.39, 0.29) is 19.3 Å². The fourth-order valence-electron chi connectivity index (χ4n) is 2.26. The van der Waals surface area contributed by atoms with Gasteiger partial charge in [0.25, 0.3) is 10.1 Å². The van der Waals surface area contributed by atoms with Crippen molar-refractivity contribution in [3.8, 4) is 0 Å². The van der Waals surface area contributed by atoms with Gasteiger partial charge in [-0.05, 0) is 38.5 Å². The Morgan fingerprint density at radius 1 is 1.39 bits per heavy atom. The van der Waals surface area contributed by atoms with Gasteiger partial charge >= 0.3 is 0 Å². The minimum Gasteiger partial charge on any atom is -0.391 e. The zero-order chi connectivity index (χ0) is 13.2. The third-order valence-corrected chi connectivity index (χ3v) is 5.24. The van der Waals surface area contributed by atoms with Crippen LogP contribution in [0.4, 0.5) is 0 Å². The Hall–Kier alpha value is -0.210. The molecular weight excluding hydrogens is 260 g/mol. The molecule has 2 rings (SSSR count). The van der Waals surface area contributed by atoms with E-state index in [0.717, 1.165) is 19.3 Å². The summed E-state index contributed by atoms with van der Waals surface area (Å²) in [6.07, 6.45) is 2.51. The van der Waals surface area contributed by atoms with E-state index in [1.54, 1.807) is 0 Å². The molecule has 2 aliphatic rings. The summed E-state index contributed by atoms with van der Waals surface area (Å²) in [5.41, 5.74) is 0. The maximum atomic E-state index is 11.1. The summed E-state index contributed by atoms with van der Waals surface area (Å²) in [6, 6.07) is 0. The number of hydrogen-bond acceptors (Lipinski definition) is 5. The molecule has 1 heterocycles. The van der Waals surface area contributed by atoms with Gasteiger partial charge in [0.1, 0.15) is 4.75 Å². The summed E-state index contributed by atoms with van der Waals surface area (Å²) in [6.45, 7) is 0.706. The first-order valence-electron chi connectivity index (χ1n) is 6.31. The molecule has 0 amide bonds. The average Bonchev–Trinajstić information content (AvgIpc) is 3.08. The smallest absolute Gasteiger partial charge is 0.270 e. The van der Waals surface area contributed by atoms with Crippen molar-refractivity contribution in [1.29, 1.82) is 0 Å². The van der Waals surface area contributed by atoms with Crippen LogP contribution in [0.5, 0.6) is 0 Å². The summed E-state index contributed by atoms with van der Waals surface area (Å²) in [5, 5.41) is 9.76. The normalized spacial score (nSPS) is 28.9. The highest BCUT2D eigenvalue weighted by molar-refractivity contribution is 7.87. The van der Waals surface area contributed by atoms with Gasteiger partial charge in [-0.3, -0.25) is 4.55 Å². The van der Waals surface area contributed by atoms with Crippen LogP contribution in [0.1, 0.15) is 38.5 Å². The molecule has 1 saturated heterocycles. The molecule has 6 nitrogen and oxygen atoms in total. The van der Waals surface area contributed by atoms with Crippen molar-refractivity contribution in [1.82, 2.24) is 0 Å². The van der Waals surface area contributed by atoms with E-state index in [1.165, 1.54) is 0 Å². The van der Waals surface area contributed by atoms with Crippen molar-refractivity contribution in [3.05, 3.63) is 0 Å². The first-order chi connectivity index (χ1) is 8.43. The van der Waals surface area contributed by atoms with Crippen LogP contribution in [0.15, 0.2) is 0 Å². The molecule has 1 aliphatic carbocycles. The van der Waals surface area contributed by atoms with Gasteiger partial charge in [-0.2, -0.15) is 8.42 Å². The lowest BCUT2D eigenvalue weighted by Crippen LogP contribution is -2.32. The molecule has 1 aliphatic heterocycles. The van der Waals surface area contributed by atoms with E-state index in [0.29, 0.717) is 19.4 Å². The van der Waals surface area contributed by atoms with Crippen molar-refractivity contribution in [2.75, 3.05) is 13.2 Å². The van der Waals surface area contributed by atoms with Gasteiger partial charge in [0.2, 0.25) is 0 Å². The highest BCUT2D eigenvalue weighted by Crippen LogP contribution is 2.46. The van der Waals surface area contributed by atoms with E-state index in [2.05, 4.69) is 0 Å². The lowest BCUT2D eigenvalue weighted by molar-refractivity contribution is -0.175. The summed E-state index contributed by atoms with van der Waals surface area (Å²) in [5.74, 6) is 0. The quantitative estimate of drug-likeness (QED) is 0.696. The monoisotopic (exact) mass is 280 g/mol. The van der Waals surface area contributed by atoms with Crippen molar-refractivity contribution >= 4 is 10.1 Å². The SMILES string of the molecule is O=S(=O)(O)C1(C[C@H](O)COC2CCCCO2)CC1. The lowest BCUT2D eigenvalue weighted by atomic mass is 10.2. The van der Waals surface area contributed by atoms with Gasteiger partial charge in [-0.15, -0.1) is 0 Å². The molecule has 106 valence electrons. The second kappa shape index (κ2) is 5.42. The fourth-order valence-corrected chi connectivity index (χ4v) is 3.28. The predicted molar refractivity (Wildman–Crippen MR) is 63.7 cm³/mol. The highest BCUT2D eigenvalue weighted by atomic mass is 32.2. The van der Waals surface area contributed by atoms with Gasteiger partial charge in [0.15, 0.2) is 6.29 Å². The van der Waals surface area contributed by atoms with Gasteiger partial charge in [0, 0.05) is 6.61 Å². The molecule has 0 spiro atoms. The van der Waals surface area contributed by atoms with Gasteiger partial charge in [-0.25, -0.2) is 0 Å². The molecule has 1 saturated carbocycles. The second-order valence-electron chi connectivity index (χ2n) is 5.15. The Morgan fingerprint density at radius 2 is 2.11 bits per heavy atom. The number of rotatable bonds is 6. The number of hydrogen-bond donors (Lipinski definition) is 2. The van der Waals surface area contributed by atoms with Crippen molar-refractivity contribution < 1.29 is 27.6 Å². The van der Waals surface area contributed by atoms with Crippen LogP contribution in [0.2, 0.25) is 0 Å². The molecule has 0 aromatic rings. The summed E-state index contributed by atoms with van der Waals surface area (Å²) >= 11 is 0. The molecule has 2 fully saturated rings. The van der Waals surface area contributed by atoms with Gasteiger partial charge < -0.3 is 14.6 Å². The maximum absolute atomic E-state index is 11.1. The Morgan fingerprint density at radius 3 is 2.61 bits per heavy atom. The van der Waals surface area contributed by atoms with E-state index < -0.39 is 21.0 Å². The van der Waals surface area contributed by atoms with E-state index >= 15 is 0 Å². The first-order valence-corrected chi connectivity index (χ1v) is 7.75. The van der Waals surface area contributed by atoms with Crippen molar-refractivity contribution in [3.63, 3.8) is 0 Å². The Balaban J connectivity index is 1.74. The number of aliphatic hydroxyl groups is 1. The third kappa shape index (κ3) is 3.42. The zero-order valence-electron chi connectivity index (χ0n) is 10.2. The Kier molecular flexibility index (Phi) is 4.28. The minimum atomic E-state index is -4.08. The molecular formula is C11H20O6S. The average molecular weight is 280 g/mol. The molecule has 0 bridgehead atoms. The Labute approximate surface area is 107 Å². The van der Waals surface area contributed by atoms with Gasteiger partial charge in [-0.1, -0.05) is 0 Å². The van der Waals surface area contributed by atoms with Crippen molar-refractivity contribution in [2.24, 2.45) is 0 Å². The Bertz CT molecular complexity index is 369. The molecule has 2 N–H and O–H groups in total. The van der Waals surface area contributed by atoms with Crippen LogP contribution in [-0.4, -0.2) is 48.4 Å². The fraction of sp³-hybridized carbons (Fsp3) is 1.00. The lowest BCUT2D eigenvalue weighted by Gasteiger charge is -2.24. The predicted octanol–water partition coefficient (Wildman–Crippen LogP) is 0.701. The molecule has 7 heteroatoms. The third-order valence-electron chi connectivity index (χ3n) is 3.57. The molecule has 2 atom stereocenters. The second-order valence-corrected chi connectivity index (χ2v) is 6.96. The van der Waals surface area contributed by atoms with Crippen LogP contribution in [-0.2, 0) is 19.6 Å². The summed E-state index contributed by atoms with van der Waals surface area (Å²) in [4.78, 5) is 0. The van der Waals surface area contributed by atoms with Crippen LogP contribution in [0, 0.1) is 0 Å². The van der Waals surface area contributed by atoms with E-state index in [1.807, 2.05) is 0 Å². The molecule has 0 aromatic carbocycles. The largest absolute Gasteiger partial charge is 0.391 e. The summed E-state index contributed by atoms with van der Waals surface area (Å²) < 4.78 is 40.9. The van der Waals surface area contributed by atoms with Crippen LogP contribution in [0.3, 0.4) is 0 Å². The van der Waals surface area contributed by atoms with Crippen LogP contribution < -0.4 is 0 Å². The van der Waals surface area contributed by atoms with Crippen LogP contribution in [0.25, 0.3) is 0 Å². The molecule has 0 aromatic heterocycles. The minimum absolute atomic E-state index is 0.0263. The highest BCUT2D eigenvalue weighted by Gasteiger charge is 2.54. The topological polar surface area (TPSA) is 93.1 Å². The molecule has 18 heavy (non-hydrogen) atoms. The standard InChI is InChI=1S/C11H20O6S/c12-9(7-11(4-5-11)18(13,14)15)8-17-10-3-1-2-6-16-10/h9-10,12H,1-8H2,(H,13,14,15)/t9-,10?/m0/s1. The van der Waals surface area contributed by atoms with Crippen LogP contribution >= 0.6 is 0 Å². The molecule has 1 unspecified atom stereocenters. The zero-order valence-corrected chi connectivity index (χ0v) is 11.1. The van der Waals surface area contributed by atoms with Crippen molar-refractivity contribution in [2.45, 2.75) is 55.7 Å². The number of ether oxygens (including phenoxy) is 2. The van der Waals surface area contributed by atoms with E-state index in [9.17, 15) is 13.5 Å². The van der Waals surface area contributed by atoms with Gasteiger partial charge in [0.05, 0.1) is 12.7 Å². The maximum Gasteiger partial charge on any atom is 0.270 e. The first kappa shape index (κ1) is 14.2. The van der Waals surface area contributed by atoms with E-state index in [4.69, 9.17) is 14.0 Å². The molecule has 0 radical (unpaired) electrons. The number of aliphatic hydroxyl groups excluding tert-OH is 1.